The maximum absolute atomic E-state index is 10.8. The minimum absolute atomic E-state index is 0.275. The number of hydrogen-bond donors (Lipinski definition) is 2. The highest BCUT2D eigenvalue weighted by atomic mass is 16.4. The van der Waals surface area contributed by atoms with Gasteiger partial charge in [0.2, 0.25) is 0 Å². The molecule has 2 aliphatic heterocycles. The summed E-state index contributed by atoms with van der Waals surface area (Å²) < 4.78 is 2.06. The van der Waals surface area contributed by atoms with Crippen molar-refractivity contribution in [2.45, 2.75) is 26.1 Å². The van der Waals surface area contributed by atoms with Crippen molar-refractivity contribution < 1.29 is 9.90 Å². The standard InChI is InChI=1S/C9H11N3O2/c13-9(14)5-1-8-11-6-2-10-3-7(6)12(8)4-5/h5,10H,1-4H2,(H,13,14). The number of carbonyl (C=O) groups is 1. The average Bonchev–Trinajstić information content (AvgIpc) is 2.70. The van der Waals surface area contributed by atoms with Gasteiger partial charge in [0, 0.05) is 26.1 Å². The van der Waals surface area contributed by atoms with Gasteiger partial charge in [-0.2, -0.15) is 0 Å². The van der Waals surface area contributed by atoms with Crippen LogP contribution in [0.25, 0.3) is 0 Å². The predicted octanol–water partition coefficient (Wildman–Crippen LogP) is -0.257. The third-order valence-electron chi connectivity index (χ3n) is 3.00. The molecular weight excluding hydrogens is 182 g/mol. The maximum Gasteiger partial charge on any atom is 0.308 e. The van der Waals surface area contributed by atoms with Crippen LogP contribution in [0.3, 0.4) is 0 Å². The van der Waals surface area contributed by atoms with Crippen LogP contribution in [0.15, 0.2) is 0 Å². The second-order valence-electron chi connectivity index (χ2n) is 3.87. The Morgan fingerprint density at radius 2 is 2.43 bits per heavy atom. The molecule has 0 saturated carbocycles. The Bertz CT molecular complexity index is 410. The molecule has 74 valence electrons. The Morgan fingerprint density at radius 1 is 1.57 bits per heavy atom. The lowest BCUT2D eigenvalue weighted by Crippen LogP contribution is -2.15. The number of aliphatic carboxylic acids is 1. The van der Waals surface area contributed by atoms with Gasteiger partial charge in [0.25, 0.3) is 0 Å². The van der Waals surface area contributed by atoms with E-state index in [-0.39, 0.29) is 5.92 Å². The molecule has 0 aromatic carbocycles. The van der Waals surface area contributed by atoms with Crippen molar-refractivity contribution in [1.29, 1.82) is 0 Å². The van der Waals surface area contributed by atoms with E-state index >= 15 is 0 Å². The van der Waals surface area contributed by atoms with E-state index in [0.29, 0.717) is 13.0 Å². The van der Waals surface area contributed by atoms with Crippen LogP contribution < -0.4 is 5.32 Å². The van der Waals surface area contributed by atoms with Crippen molar-refractivity contribution in [3.63, 3.8) is 0 Å². The fourth-order valence-electron chi connectivity index (χ4n) is 2.27. The molecule has 1 atom stereocenters. The lowest BCUT2D eigenvalue weighted by molar-refractivity contribution is -0.141. The lowest BCUT2D eigenvalue weighted by Gasteiger charge is -2.03. The summed E-state index contributed by atoms with van der Waals surface area (Å²) in [4.78, 5) is 15.3. The summed E-state index contributed by atoms with van der Waals surface area (Å²) in [5.41, 5.74) is 2.28. The molecule has 5 nitrogen and oxygen atoms in total. The van der Waals surface area contributed by atoms with Crippen LogP contribution in [0.2, 0.25) is 0 Å². The molecule has 14 heavy (non-hydrogen) atoms. The SMILES string of the molecule is O=C(O)C1Cc2nc3c(n2C1)CNC3. The van der Waals surface area contributed by atoms with Crippen LogP contribution in [-0.4, -0.2) is 20.6 Å². The average molecular weight is 193 g/mol. The highest BCUT2D eigenvalue weighted by molar-refractivity contribution is 5.70. The Morgan fingerprint density at radius 3 is 3.21 bits per heavy atom. The van der Waals surface area contributed by atoms with E-state index in [2.05, 4.69) is 14.9 Å². The molecule has 5 heteroatoms. The first-order chi connectivity index (χ1) is 6.75. The summed E-state index contributed by atoms with van der Waals surface area (Å²) in [7, 11) is 0. The van der Waals surface area contributed by atoms with E-state index < -0.39 is 5.97 Å². The zero-order valence-electron chi connectivity index (χ0n) is 7.66. The van der Waals surface area contributed by atoms with E-state index in [1.165, 1.54) is 5.69 Å². The maximum atomic E-state index is 10.8. The van der Waals surface area contributed by atoms with Gasteiger partial charge >= 0.3 is 5.97 Å². The van der Waals surface area contributed by atoms with Gasteiger partial charge in [-0.3, -0.25) is 4.79 Å². The monoisotopic (exact) mass is 193 g/mol. The van der Waals surface area contributed by atoms with Gasteiger partial charge in [-0.25, -0.2) is 4.98 Å². The van der Waals surface area contributed by atoms with Gasteiger partial charge in [0.05, 0.1) is 17.3 Å². The zero-order valence-corrected chi connectivity index (χ0v) is 7.66. The van der Waals surface area contributed by atoms with Crippen molar-refractivity contribution in [2.24, 2.45) is 5.92 Å². The second kappa shape index (κ2) is 2.57. The number of carboxylic acids is 1. The highest BCUT2D eigenvalue weighted by Crippen LogP contribution is 2.26. The van der Waals surface area contributed by atoms with Gasteiger partial charge in [0.15, 0.2) is 0 Å². The fraction of sp³-hybridized carbons (Fsp3) is 0.556. The van der Waals surface area contributed by atoms with Crippen LogP contribution in [-0.2, 0) is 30.8 Å². The van der Waals surface area contributed by atoms with Crippen LogP contribution >= 0.6 is 0 Å². The van der Waals surface area contributed by atoms with Crippen molar-refractivity contribution in [1.82, 2.24) is 14.9 Å². The third-order valence-corrected chi connectivity index (χ3v) is 3.00. The van der Waals surface area contributed by atoms with Gasteiger partial charge in [-0.05, 0) is 0 Å². The van der Waals surface area contributed by atoms with Crippen LogP contribution in [0.1, 0.15) is 17.2 Å². The summed E-state index contributed by atoms with van der Waals surface area (Å²) in [6, 6.07) is 0. The molecule has 3 heterocycles. The molecule has 0 radical (unpaired) electrons. The quantitative estimate of drug-likeness (QED) is 0.645. The van der Waals surface area contributed by atoms with Crippen LogP contribution in [0.4, 0.5) is 0 Å². The second-order valence-corrected chi connectivity index (χ2v) is 3.87. The summed E-state index contributed by atoms with van der Waals surface area (Å²) in [6.07, 6.45) is 0.586. The molecule has 0 spiro atoms. The summed E-state index contributed by atoms with van der Waals surface area (Å²) in [5, 5.41) is 12.1. The molecule has 0 fully saturated rings. The number of rotatable bonds is 1. The van der Waals surface area contributed by atoms with Crippen molar-refractivity contribution >= 4 is 5.97 Å². The minimum Gasteiger partial charge on any atom is -0.481 e. The Labute approximate surface area is 80.8 Å². The van der Waals surface area contributed by atoms with E-state index in [4.69, 9.17) is 5.11 Å². The Kier molecular flexibility index (Phi) is 1.47. The van der Waals surface area contributed by atoms with Gasteiger partial charge in [-0.15, -0.1) is 0 Å². The molecule has 1 unspecified atom stereocenters. The smallest absolute Gasteiger partial charge is 0.308 e. The summed E-state index contributed by atoms with van der Waals surface area (Å²) >= 11 is 0. The number of hydrogen-bond acceptors (Lipinski definition) is 3. The molecule has 0 bridgehead atoms. The Balaban J connectivity index is 1.97. The fourth-order valence-corrected chi connectivity index (χ4v) is 2.27. The lowest BCUT2D eigenvalue weighted by atomic mass is 10.1. The number of imidazole rings is 1. The van der Waals surface area contributed by atoms with Crippen LogP contribution in [0.5, 0.6) is 0 Å². The van der Waals surface area contributed by atoms with Gasteiger partial charge in [-0.1, -0.05) is 0 Å². The van der Waals surface area contributed by atoms with E-state index in [9.17, 15) is 4.79 Å². The van der Waals surface area contributed by atoms with Crippen LogP contribution in [0, 0.1) is 5.92 Å². The zero-order chi connectivity index (χ0) is 9.71. The van der Waals surface area contributed by atoms with Crippen molar-refractivity contribution in [3.05, 3.63) is 17.2 Å². The normalized spacial score (nSPS) is 23.6. The largest absolute Gasteiger partial charge is 0.481 e. The molecule has 2 N–H and O–H groups in total. The molecule has 2 aliphatic rings. The summed E-state index contributed by atoms with van der Waals surface area (Å²) in [5.74, 6) is -0.0393. The van der Waals surface area contributed by atoms with E-state index in [1.54, 1.807) is 0 Å². The van der Waals surface area contributed by atoms with E-state index in [1.807, 2.05) is 0 Å². The summed E-state index contributed by atoms with van der Waals surface area (Å²) in [6.45, 7) is 2.25. The van der Waals surface area contributed by atoms with Crippen molar-refractivity contribution in [2.75, 3.05) is 0 Å². The number of nitrogens with zero attached hydrogens (tertiary/aromatic N) is 2. The van der Waals surface area contributed by atoms with Crippen molar-refractivity contribution in [3.8, 4) is 0 Å². The first-order valence-corrected chi connectivity index (χ1v) is 4.76. The number of nitrogens with one attached hydrogen (secondary N) is 1. The molecule has 0 saturated heterocycles. The molecule has 3 rings (SSSR count). The highest BCUT2D eigenvalue weighted by Gasteiger charge is 2.32. The molecule has 0 aliphatic carbocycles. The minimum atomic E-state index is -0.713. The van der Waals surface area contributed by atoms with Gasteiger partial charge in [0.1, 0.15) is 5.82 Å². The molecular formula is C9H11N3O2. The number of fused-ring (bicyclic) bond motifs is 3. The van der Waals surface area contributed by atoms with Gasteiger partial charge < -0.3 is 15.0 Å². The first kappa shape index (κ1) is 7.99. The Hall–Kier alpha value is -1.36. The molecule has 0 amide bonds. The number of aromatic nitrogens is 2. The first-order valence-electron chi connectivity index (χ1n) is 4.76. The third kappa shape index (κ3) is 0.928. The molecule has 1 aromatic heterocycles. The molecule has 1 aromatic rings. The number of carboxylic acid groups (broad SMARTS) is 1. The topological polar surface area (TPSA) is 67.1 Å². The van der Waals surface area contributed by atoms with E-state index in [0.717, 1.165) is 24.6 Å². The predicted molar refractivity (Wildman–Crippen MR) is 47.6 cm³/mol.